The maximum absolute atomic E-state index is 5.64. The predicted octanol–water partition coefficient (Wildman–Crippen LogP) is 1.89. The van der Waals surface area contributed by atoms with E-state index >= 15 is 0 Å². The minimum atomic E-state index is -0.430. The number of methoxy groups -OCH3 is 1. The molecule has 1 atom stereocenters. The lowest BCUT2D eigenvalue weighted by Gasteiger charge is -2.03. The predicted molar refractivity (Wildman–Crippen MR) is 45.8 cm³/mol. The molecule has 0 amide bonds. The Labute approximate surface area is 70.9 Å². The van der Waals surface area contributed by atoms with E-state index in [2.05, 4.69) is 0 Å². The third-order valence-electron chi connectivity index (χ3n) is 1.43. The average molecular weight is 172 g/mol. The van der Waals surface area contributed by atoms with E-state index in [0.717, 1.165) is 11.3 Å². The fourth-order valence-electron chi connectivity index (χ4n) is 0.788. The molecule has 0 aliphatic rings. The molecule has 1 unspecified atom stereocenters. The summed E-state index contributed by atoms with van der Waals surface area (Å²) in [6.07, 6.45) is 0. The summed E-state index contributed by atoms with van der Waals surface area (Å²) < 4.78 is 4.97. The number of nitrogens with two attached hydrogens (primary N) is 1. The van der Waals surface area contributed by atoms with Gasteiger partial charge in [-0.1, -0.05) is 12.1 Å². The number of hydrogen-bond donors (Lipinski definition) is 1. The van der Waals surface area contributed by atoms with E-state index in [9.17, 15) is 0 Å². The maximum atomic E-state index is 5.64. The van der Waals surface area contributed by atoms with Crippen LogP contribution in [0.15, 0.2) is 24.3 Å². The highest BCUT2D eigenvalue weighted by Crippen LogP contribution is 2.17. The summed E-state index contributed by atoms with van der Waals surface area (Å²) in [5, 5.41) is 0. The summed E-state index contributed by atoms with van der Waals surface area (Å²) in [6.45, 7) is 0. The van der Waals surface area contributed by atoms with E-state index in [1.54, 1.807) is 7.11 Å². The fourth-order valence-corrected chi connectivity index (χ4v) is 0.933. The van der Waals surface area contributed by atoms with Crippen LogP contribution in [-0.4, -0.2) is 7.11 Å². The first-order chi connectivity index (χ1) is 5.24. The van der Waals surface area contributed by atoms with Crippen molar-refractivity contribution in [2.75, 3.05) is 7.11 Å². The highest BCUT2D eigenvalue weighted by molar-refractivity contribution is 6.20. The molecule has 0 saturated carbocycles. The van der Waals surface area contributed by atoms with Gasteiger partial charge in [0.15, 0.2) is 0 Å². The Balaban J connectivity index is 2.83. The molecule has 3 heteroatoms. The summed E-state index contributed by atoms with van der Waals surface area (Å²) in [7, 11) is 1.62. The van der Waals surface area contributed by atoms with Crippen LogP contribution in [0.3, 0.4) is 0 Å². The first-order valence-corrected chi connectivity index (χ1v) is 3.71. The zero-order valence-electron chi connectivity index (χ0n) is 6.25. The van der Waals surface area contributed by atoms with Gasteiger partial charge in [0.2, 0.25) is 0 Å². The van der Waals surface area contributed by atoms with Crippen molar-refractivity contribution in [3.8, 4) is 5.75 Å². The van der Waals surface area contributed by atoms with Gasteiger partial charge in [-0.15, -0.1) is 11.6 Å². The van der Waals surface area contributed by atoms with E-state index in [0.29, 0.717) is 0 Å². The molecule has 0 aliphatic carbocycles. The zero-order valence-corrected chi connectivity index (χ0v) is 7.01. The number of halogens is 1. The maximum Gasteiger partial charge on any atom is 0.118 e. The van der Waals surface area contributed by atoms with Gasteiger partial charge in [0.25, 0.3) is 0 Å². The third-order valence-corrected chi connectivity index (χ3v) is 1.69. The molecule has 2 N–H and O–H groups in total. The highest BCUT2D eigenvalue weighted by atomic mass is 35.5. The van der Waals surface area contributed by atoms with Gasteiger partial charge < -0.3 is 10.5 Å². The molecule has 0 aliphatic heterocycles. The lowest BCUT2D eigenvalue weighted by molar-refractivity contribution is 0.414. The smallest absolute Gasteiger partial charge is 0.118 e. The van der Waals surface area contributed by atoms with E-state index in [1.807, 2.05) is 24.3 Å². The Kier molecular flexibility index (Phi) is 2.74. The van der Waals surface area contributed by atoms with Crippen LogP contribution in [0.25, 0.3) is 0 Å². The molecule has 0 spiro atoms. The third kappa shape index (κ3) is 2.10. The van der Waals surface area contributed by atoms with Gasteiger partial charge in [-0.25, -0.2) is 0 Å². The quantitative estimate of drug-likeness (QED) is 0.545. The van der Waals surface area contributed by atoms with Gasteiger partial charge in [0.05, 0.1) is 7.11 Å². The summed E-state index contributed by atoms with van der Waals surface area (Å²) in [6, 6.07) is 7.35. The highest BCUT2D eigenvalue weighted by Gasteiger charge is 1.99. The first kappa shape index (κ1) is 8.37. The van der Waals surface area contributed by atoms with Crippen molar-refractivity contribution in [2.24, 2.45) is 5.73 Å². The number of alkyl halides is 1. The molecule has 11 heavy (non-hydrogen) atoms. The number of ether oxygens (including phenoxy) is 1. The minimum Gasteiger partial charge on any atom is -0.497 e. The molecule has 1 aromatic carbocycles. The summed E-state index contributed by atoms with van der Waals surface area (Å²) >= 11 is 5.64. The average Bonchev–Trinajstić information content (AvgIpc) is 2.05. The molecule has 0 heterocycles. The van der Waals surface area contributed by atoms with Gasteiger partial charge >= 0.3 is 0 Å². The molecule has 2 nitrogen and oxygen atoms in total. The Morgan fingerprint density at radius 2 is 1.91 bits per heavy atom. The molecule has 60 valence electrons. The van der Waals surface area contributed by atoms with Crippen LogP contribution in [-0.2, 0) is 0 Å². The van der Waals surface area contributed by atoms with Crippen molar-refractivity contribution in [2.45, 2.75) is 5.50 Å². The van der Waals surface area contributed by atoms with Crippen molar-refractivity contribution in [1.29, 1.82) is 0 Å². The Morgan fingerprint density at radius 1 is 1.36 bits per heavy atom. The second kappa shape index (κ2) is 3.60. The summed E-state index contributed by atoms with van der Waals surface area (Å²) in [4.78, 5) is 0. The molecule has 1 rings (SSSR count). The van der Waals surface area contributed by atoms with Crippen LogP contribution < -0.4 is 10.5 Å². The molecular formula is C8H10ClNO. The standard InChI is InChI=1S/C8H10ClNO/c1-11-7-4-2-6(3-5-7)8(9)10/h2-5,8H,10H2,1H3. The molecule has 1 aromatic rings. The second-order valence-electron chi connectivity index (χ2n) is 2.17. The van der Waals surface area contributed by atoms with E-state index < -0.39 is 5.50 Å². The van der Waals surface area contributed by atoms with Crippen LogP contribution in [0, 0.1) is 0 Å². The van der Waals surface area contributed by atoms with E-state index in [-0.39, 0.29) is 0 Å². The minimum absolute atomic E-state index is 0.430. The van der Waals surface area contributed by atoms with Crippen molar-refractivity contribution < 1.29 is 4.74 Å². The summed E-state index contributed by atoms with van der Waals surface area (Å²) in [5.74, 6) is 0.811. The number of hydrogen-bond acceptors (Lipinski definition) is 2. The van der Waals surface area contributed by atoms with Crippen molar-refractivity contribution in [1.82, 2.24) is 0 Å². The van der Waals surface area contributed by atoms with Crippen LogP contribution >= 0.6 is 11.6 Å². The second-order valence-corrected chi connectivity index (χ2v) is 2.65. The number of rotatable bonds is 2. The van der Waals surface area contributed by atoms with Gasteiger partial charge in [-0.3, -0.25) is 0 Å². The normalized spacial score (nSPS) is 12.6. The van der Waals surface area contributed by atoms with E-state index in [4.69, 9.17) is 22.1 Å². The van der Waals surface area contributed by atoms with Crippen LogP contribution in [0.5, 0.6) is 5.75 Å². The Bertz CT molecular complexity index is 220. The van der Waals surface area contributed by atoms with Gasteiger partial charge in [-0.05, 0) is 17.7 Å². The molecular weight excluding hydrogens is 162 g/mol. The SMILES string of the molecule is COc1ccc(C(N)Cl)cc1. The molecule has 0 saturated heterocycles. The van der Waals surface area contributed by atoms with E-state index in [1.165, 1.54) is 0 Å². The van der Waals surface area contributed by atoms with Crippen molar-refractivity contribution in [3.63, 3.8) is 0 Å². The topological polar surface area (TPSA) is 35.2 Å². The lowest BCUT2D eigenvalue weighted by atomic mass is 10.2. The van der Waals surface area contributed by atoms with Crippen LogP contribution in [0.4, 0.5) is 0 Å². The lowest BCUT2D eigenvalue weighted by Crippen LogP contribution is -2.01. The van der Waals surface area contributed by atoms with Crippen molar-refractivity contribution >= 4 is 11.6 Å². The van der Waals surface area contributed by atoms with Gasteiger partial charge in [0, 0.05) is 0 Å². The Morgan fingerprint density at radius 3 is 2.27 bits per heavy atom. The summed E-state index contributed by atoms with van der Waals surface area (Å²) in [5.41, 5.74) is 5.90. The van der Waals surface area contributed by atoms with Crippen LogP contribution in [0.1, 0.15) is 11.1 Å². The molecule has 0 bridgehead atoms. The molecule has 0 aromatic heterocycles. The monoisotopic (exact) mass is 171 g/mol. The van der Waals surface area contributed by atoms with Gasteiger partial charge in [-0.2, -0.15) is 0 Å². The number of benzene rings is 1. The van der Waals surface area contributed by atoms with Crippen LogP contribution in [0.2, 0.25) is 0 Å². The molecule has 0 radical (unpaired) electrons. The van der Waals surface area contributed by atoms with Gasteiger partial charge in [0.1, 0.15) is 11.3 Å². The zero-order chi connectivity index (χ0) is 8.27. The molecule has 0 fully saturated rings. The largest absolute Gasteiger partial charge is 0.497 e. The van der Waals surface area contributed by atoms with Crippen molar-refractivity contribution in [3.05, 3.63) is 29.8 Å². The Hall–Kier alpha value is -0.730. The fraction of sp³-hybridized carbons (Fsp3) is 0.250. The first-order valence-electron chi connectivity index (χ1n) is 3.27.